The minimum Gasteiger partial charge on any atom is -0.304 e. The van der Waals surface area contributed by atoms with Crippen LogP contribution >= 0.6 is 0 Å². The molecule has 0 aliphatic carbocycles. The van der Waals surface area contributed by atoms with Crippen molar-refractivity contribution in [3.8, 4) is 0 Å². The number of hydrogen-bond acceptors (Lipinski definition) is 4. The molecule has 17 heavy (non-hydrogen) atoms. The predicted molar refractivity (Wildman–Crippen MR) is 64.8 cm³/mol. The van der Waals surface area contributed by atoms with Crippen molar-refractivity contribution in [3.63, 3.8) is 0 Å². The molecular formula is C10H20N4O2S. The van der Waals surface area contributed by atoms with E-state index in [4.69, 9.17) is 5.14 Å². The molecule has 0 aliphatic rings. The maximum absolute atomic E-state index is 11.1. The van der Waals surface area contributed by atoms with Gasteiger partial charge in [0.05, 0.1) is 0 Å². The zero-order valence-corrected chi connectivity index (χ0v) is 11.2. The van der Waals surface area contributed by atoms with Gasteiger partial charge >= 0.3 is 0 Å². The second kappa shape index (κ2) is 6.11. The molecule has 0 aliphatic heterocycles. The Morgan fingerprint density at radius 2 is 1.82 bits per heavy atom. The van der Waals surface area contributed by atoms with Crippen LogP contribution in [0.3, 0.4) is 0 Å². The fraction of sp³-hybridized carbons (Fsp3) is 0.800. The van der Waals surface area contributed by atoms with E-state index in [1.807, 2.05) is 0 Å². The number of rotatable bonds is 7. The van der Waals surface area contributed by atoms with Crippen LogP contribution < -0.4 is 5.14 Å². The van der Waals surface area contributed by atoms with Gasteiger partial charge < -0.3 is 4.57 Å². The number of unbranched alkanes of at least 4 members (excludes halogenated alkanes) is 4. The highest BCUT2D eigenvalue weighted by atomic mass is 32.2. The Labute approximate surface area is 102 Å². The maximum Gasteiger partial charge on any atom is 0.273 e. The Bertz CT molecular complexity index is 453. The number of nitrogens with two attached hydrogens (primary N) is 1. The first-order valence-electron chi connectivity index (χ1n) is 5.88. The van der Waals surface area contributed by atoms with Crippen LogP contribution in [0.5, 0.6) is 0 Å². The lowest BCUT2D eigenvalue weighted by Crippen LogP contribution is -2.17. The maximum atomic E-state index is 11.1. The van der Waals surface area contributed by atoms with Gasteiger partial charge in [0.15, 0.2) is 0 Å². The molecule has 0 amide bonds. The van der Waals surface area contributed by atoms with Gasteiger partial charge in [-0.2, -0.15) is 0 Å². The first-order chi connectivity index (χ1) is 7.96. The molecule has 1 rings (SSSR count). The highest BCUT2D eigenvalue weighted by Gasteiger charge is 2.17. The number of primary sulfonamides is 1. The summed E-state index contributed by atoms with van der Waals surface area (Å²) < 4.78 is 23.7. The number of hydrogen-bond donors (Lipinski definition) is 1. The summed E-state index contributed by atoms with van der Waals surface area (Å²) in [7, 11) is -2.14. The van der Waals surface area contributed by atoms with E-state index in [1.54, 1.807) is 7.05 Å². The van der Waals surface area contributed by atoms with E-state index in [0.29, 0.717) is 5.82 Å². The van der Waals surface area contributed by atoms with Gasteiger partial charge in [0.2, 0.25) is 0 Å². The molecule has 0 atom stereocenters. The minimum atomic E-state index is -3.76. The summed E-state index contributed by atoms with van der Waals surface area (Å²) in [5.41, 5.74) is 0. The molecule has 0 radical (unpaired) electrons. The third kappa shape index (κ3) is 4.08. The number of sulfonamides is 1. The molecular weight excluding hydrogens is 240 g/mol. The zero-order chi connectivity index (χ0) is 12.9. The molecule has 0 fully saturated rings. The molecule has 6 nitrogen and oxygen atoms in total. The van der Waals surface area contributed by atoms with Crippen LogP contribution in [-0.4, -0.2) is 23.2 Å². The van der Waals surface area contributed by atoms with Gasteiger partial charge in [-0.1, -0.05) is 32.6 Å². The van der Waals surface area contributed by atoms with Crippen LogP contribution in [0.4, 0.5) is 0 Å². The molecule has 0 unspecified atom stereocenters. The van der Waals surface area contributed by atoms with Crippen molar-refractivity contribution < 1.29 is 8.42 Å². The van der Waals surface area contributed by atoms with Gasteiger partial charge in [-0.3, -0.25) is 0 Å². The molecule has 1 aromatic heterocycles. The summed E-state index contributed by atoms with van der Waals surface area (Å²) in [6, 6.07) is 0. The monoisotopic (exact) mass is 260 g/mol. The highest BCUT2D eigenvalue weighted by molar-refractivity contribution is 7.89. The second-order valence-electron chi connectivity index (χ2n) is 4.17. The second-order valence-corrected chi connectivity index (χ2v) is 5.62. The van der Waals surface area contributed by atoms with Gasteiger partial charge in [0.25, 0.3) is 15.2 Å². The van der Waals surface area contributed by atoms with Crippen molar-refractivity contribution >= 4 is 10.0 Å². The van der Waals surface area contributed by atoms with E-state index in [-0.39, 0.29) is 5.16 Å². The third-order valence-electron chi connectivity index (χ3n) is 2.68. The van der Waals surface area contributed by atoms with E-state index in [0.717, 1.165) is 19.3 Å². The van der Waals surface area contributed by atoms with E-state index in [1.165, 1.54) is 23.8 Å². The summed E-state index contributed by atoms with van der Waals surface area (Å²) in [5.74, 6) is 0.672. The summed E-state index contributed by atoms with van der Waals surface area (Å²) in [6.45, 7) is 2.17. The Balaban J connectivity index is 2.53. The first kappa shape index (κ1) is 14.1. The lowest BCUT2D eigenvalue weighted by atomic mass is 10.1. The minimum absolute atomic E-state index is 0.166. The Morgan fingerprint density at radius 3 is 2.35 bits per heavy atom. The van der Waals surface area contributed by atoms with Crippen LogP contribution in [0.25, 0.3) is 0 Å². The van der Waals surface area contributed by atoms with Gasteiger partial charge in [-0.05, 0) is 6.42 Å². The van der Waals surface area contributed by atoms with Gasteiger partial charge in [0.1, 0.15) is 5.82 Å². The van der Waals surface area contributed by atoms with Crippen molar-refractivity contribution in [3.05, 3.63) is 5.82 Å². The van der Waals surface area contributed by atoms with Crippen LogP contribution in [0.1, 0.15) is 44.9 Å². The highest BCUT2D eigenvalue weighted by Crippen LogP contribution is 2.09. The van der Waals surface area contributed by atoms with Crippen LogP contribution in [0.2, 0.25) is 0 Å². The van der Waals surface area contributed by atoms with Crippen molar-refractivity contribution in [2.24, 2.45) is 12.2 Å². The SMILES string of the molecule is CCCCCCCc1nnc(S(N)(=O)=O)n1C. The van der Waals surface area contributed by atoms with E-state index in [2.05, 4.69) is 17.1 Å². The largest absolute Gasteiger partial charge is 0.304 e. The predicted octanol–water partition coefficient (Wildman–Crippen LogP) is 0.975. The average Bonchev–Trinajstić information content (AvgIpc) is 2.59. The number of aryl methyl sites for hydroxylation is 1. The average molecular weight is 260 g/mol. The lowest BCUT2D eigenvalue weighted by molar-refractivity contribution is 0.574. The Kier molecular flexibility index (Phi) is 5.07. The standard InChI is InChI=1S/C10H20N4O2S/c1-3-4-5-6-7-8-9-12-13-10(14(9)2)17(11,15)16/h3-8H2,1-2H3,(H2,11,15,16). The van der Waals surface area contributed by atoms with Crippen molar-refractivity contribution in [1.29, 1.82) is 0 Å². The van der Waals surface area contributed by atoms with Crippen molar-refractivity contribution in [1.82, 2.24) is 14.8 Å². The topological polar surface area (TPSA) is 90.9 Å². The van der Waals surface area contributed by atoms with E-state index in [9.17, 15) is 8.42 Å². The van der Waals surface area contributed by atoms with E-state index < -0.39 is 10.0 Å². The third-order valence-corrected chi connectivity index (χ3v) is 3.55. The van der Waals surface area contributed by atoms with Crippen LogP contribution in [-0.2, 0) is 23.5 Å². The van der Waals surface area contributed by atoms with Gasteiger partial charge in [-0.15, -0.1) is 10.2 Å². The smallest absolute Gasteiger partial charge is 0.273 e. The summed E-state index contributed by atoms with van der Waals surface area (Å²) in [4.78, 5) is 0. The van der Waals surface area contributed by atoms with Crippen molar-refractivity contribution in [2.75, 3.05) is 0 Å². The number of aromatic nitrogens is 3. The van der Waals surface area contributed by atoms with Crippen LogP contribution in [0, 0.1) is 0 Å². The fourth-order valence-corrected chi connectivity index (χ4v) is 2.34. The van der Waals surface area contributed by atoms with Crippen molar-refractivity contribution in [2.45, 2.75) is 50.6 Å². The first-order valence-corrected chi connectivity index (χ1v) is 7.42. The molecule has 2 N–H and O–H groups in total. The number of nitrogens with zero attached hydrogens (tertiary/aromatic N) is 3. The summed E-state index contributed by atoms with van der Waals surface area (Å²) >= 11 is 0. The Hall–Kier alpha value is -0.950. The molecule has 0 saturated heterocycles. The summed E-state index contributed by atoms with van der Waals surface area (Å²) in [6.07, 6.45) is 6.52. The van der Waals surface area contributed by atoms with Crippen LogP contribution in [0.15, 0.2) is 5.16 Å². The summed E-state index contributed by atoms with van der Waals surface area (Å²) in [5, 5.41) is 12.3. The zero-order valence-electron chi connectivity index (χ0n) is 10.4. The Morgan fingerprint density at radius 1 is 1.18 bits per heavy atom. The fourth-order valence-electron chi connectivity index (χ4n) is 1.70. The molecule has 0 bridgehead atoms. The van der Waals surface area contributed by atoms with E-state index >= 15 is 0 Å². The molecule has 7 heteroatoms. The molecule has 0 spiro atoms. The molecule has 0 saturated carbocycles. The van der Waals surface area contributed by atoms with Gasteiger partial charge in [0, 0.05) is 13.5 Å². The normalized spacial score (nSPS) is 11.9. The van der Waals surface area contributed by atoms with Gasteiger partial charge in [-0.25, -0.2) is 13.6 Å². The molecule has 98 valence electrons. The lowest BCUT2D eigenvalue weighted by Gasteiger charge is -2.02. The molecule has 1 heterocycles. The quantitative estimate of drug-likeness (QED) is 0.740. The molecule has 0 aromatic carbocycles. The molecule has 1 aromatic rings.